The van der Waals surface area contributed by atoms with E-state index in [9.17, 15) is 19.8 Å². The molecule has 1 aliphatic carbocycles. The highest BCUT2D eigenvalue weighted by Crippen LogP contribution is 2.64. The minimum Gasteiger partial charge on any atom is -0.507 e. The van der Waals surface area contributed by atoms with Crippen LogP contribution in [0.15, 0.2) is 58.7 Å². The summed E-state index contributed by atoms with van der Waals surface area (Å²) in [5.41, 5.74) is 2.45. The van der Waals surface area contributed by atoms with Gasteiger partial charge in [-0.25, -0.2) is 4.79 Å². The van der Waals surface area contributed by atoms with E-state index in [0.717, 1.165) is 24.0 Å². The second kappa shape index (κ2) is 11.4. The van der Waals surface area contributed by atoms with Gasteiger partial charge in [0, 0.05) is 29.0 Å². The standard InChI is InChI=1S/C37H46O7/c1-21(2)11-9-12-23(5)16-18-25-30(38)26(17-15-22(3)4)33-29(31(25)39)32(40)27-13-10-14-28-35(7,8)44-36(37(27,28)42-33)20-19-24(6)34(41)43-36/h10-11,13,15-16,19,27-28,38-39H,9,12,14,17-18,20H2,1-8H3/b23-16+/t27-,28-,36-,37+/m1/s1. The van der Waals surface area contributed by atoms with Crippen molar-refractivity contribution in [1.29, 1.82) is 0 Å². The van der Waals surface area contributed by atoms with Gasteiger partial charge in [0.05, 0.1) is 11.5 Å². The summed E-state index contributed by atoms with van der Waals surface area (Å²) in [6.45, 7) is 15.7. The summed E-state index contributed by atoms with van der Waals surface area (Å²) < 4.78 is 19.8. The highest BCUT2D eigenvalue weighted by Gasteiger charge is 2.78. The molecule has 4 atom stereocenters. The van der Waals surface area contributed by atoms with E-state index >= 15 is 0 Å². The first-order chi connectivity index (χ1) is 20.6. The molecule has 3 heterocycles. The second-order valence-corrected chi connectivity index (χ2v) is 13.8. The lowest BCUT2D eigenvalue weighted by atomic mass is 9.60. The summed E-state index contributed by atoms with van der Waals surface area (Å²) in [5, 5.41) is 23.4. The van der Waals surface area contributed by atoms with Crippen molar-refractivity contribution in [2.75, 3.05) is 0 Å². The molecule has 44 heavy (non-hydrogen) atoms. The van der Waals surface area contributed by atoms with E-state index in [-0.39, 0.29) is 53.8 Å². The highest BCUT2D eigenvalue weighted by atomic mass is 16.8. The summed E-state index contributed by atoms with van der Waals surface area (Å²) in [5.74, 6) is -3.89. The first kappa shape index (κ1) is 31.8. The van der Waals surface area contributed by atoms with Gasteiger partial charge < -0.3 is 24.4 Å². The average molecular weight is 603 g/mol. The third-order valence-corrected chi connectivity index (χ3v) is 9.65. The third kappa shape index (κ3) is 5.03. The van der Waals surface area contributed by atoms with Crippen LogP contribution in [0.4, 0.5) is 0 Å². The lowest BCUT2D eigenvalue weighted by molar-refractivity contribution is -0.284. The van der Waals surface area contributed by atoms with E-state index in [1.807, 2.05) is 58.9 Å². The summed E-state index contributed by atoms with van der Waals surface area (Å²) >= 11 is 0. The van der Waals surface area contributed by atoms with Gasteiger partial charge in [-0.2, -0.15) is 0 Å². The number of phenolic OH excluding ortho intramolecular Hbond substituents is 2. The smallest absolute Gasteiger partial charge is 0.336 e. The van der Waals surface area contributed by atoms with E-state index in [2.05, 4.69) is 19.9 Å². The number of hydrogen-bond acceptors (Lipinski definition) is 7. The molecule has 7 heteroatoms. The van der Waals surface area contributed by atoms with Crippen LogP contribution in [0.1, 0.15) is 103 Å². The topological polar surface area (TPSA) is 102 Å². The average Bonchev–Trinajstić information content (AvgIpc) is 3.12. The summed E-state index contributed by atoms with van der Waals surface area (Å²) in [7, 11) is 0. The third-order valence-electron chi connectivity index (χ3n) is 9.65. The lowest BCUT2D eigenvalue weighted by Crippen LogP contribution is -2.68. The molecule has 0 bridgehead atoms. The minimum atomic E-state index is -1.57. The number of hydrogen-bond donors (Lipinski definition) is 2. The van der Waals surface area contributed by atoms with Gasteiger partial charge in [0.1, 0.15) is 22.8 Å². The molecular weight excluding hydrogens is 556 g/mol. The van der Waals surface area contributed by atoms with E-state index in [1.165, 1.54) is 5.57 Å². The Morgan fingerprint density at radius 2 is 1.64 bits per heavy atom. The molecule has 7 nitrogen and oxygen atoms in total. The summed E-state index contributed by atoms with van der Waals surface area (Å²) in [6.07, 6.45) is 14.8. The van der Waals surface area contributed by atoms with E-state index in [0.29, 0.717) is 23.1 Å². The van der Waals surface area contributed by atoms with Crippen molar-refractivity contribution in [3.05, 3.63) is 75.4 Å². The maximum atomic E-state index is 14.7. The molecule has 0 aromatic heterocycles. The zero-order chi connectivity index (χ0) is 32.2. The molecule has 0 radical (unpaired) electrons. The zero-order valence-electron chi connectivity index (χ0n) is 27.3. The van der Waals surface area contributed by atoms with Crippen molar-refractivity contribution in [3.63, 3.8) is 0 Å². The number of fused-ring (bicyclic) bond motifs is 1. The number of esters is 1. The Morgan fingerprint density at radius 3 is 2.30 bits per heavy atom. The lowest BCUT2D eigenvalue weighted by Gasteiger charge is -2.53. The molecule has 3 aliphatic heterocycles. The molecule has 5 rings (SSSR count). The van der Waals surface area contributed by atoms with Crippen LogP contribution < -0.4 is 4.74 Å². The van der Waals surface area contributed by atoms with Crippen molar-refractivity contribution in [1.82, 2.24) is 0 Å². The van der Waals surface area contributed by atoms with Gasteiger partial charge in [-0.05, 0) is 87.5 Å². The Kier molecular flexibility index (Phi) is 8.25. The van der Waals surface area contributed by atoms with Gasteiger partial charge in [0.15, 0.2) is 11.4 Å². The quantitative estimate of drug-likeness (QED) is 0.243. The van der Waals surface area contributed by atoms with Crippen molar-refractivity contribution in [3.8, 4) is 17.2 Å². The van der Waals surface area contributed by atoms with Gasteiger partial charge in [-0.3, -0.25) is 4.79 Å². The first-order valence-electron chi connectivity index (χ1n) is 15.7. The number of Topliss-reactive ketones (excluding diaryl/α,β-unsaturated/α-hetero) is 1. The largest absolute Gasteiger partial charge is 0.507 e. The maximum absolute atomic E-state index is 14.7. The number of carbonyl (C=O) groups excluding carboxylic acids is 2. The molecule has 0 saturated carbocycles. The Balaban J connectivity index is 1.70. The molecule has 236 valence electrons. The number of phenols is 2. The Labute approximate surface area is 261 Å². The van der Waals surface area contributed by atoms with Crippen molar-refractivity contribution < 1.29 is 34.0 Å². The molecular formula is C37H46O7. The number of aromatic hydroxyl groups is 2. The SMILES string of the molecule is CC(C)=CCC/C(C)=C/Cc1c(O)c(CC=C(C)C)c2c(c1O)C(=O)[C@H]1C=CC[C@@H]3C(C)(C)O[C@]4(CC=C(C)C(=O)O4)[C@]13O2. The van der Waals surface area contributed by atoms with Crippen LogP contribution in [0.3, 0.4) is 0 Å². The van der Waals surface area contributed by atoms with Crippen LogP contribution in [0.25, 0.3) is 0 Å². The van der Waals surface area contributed by atoms with Gasteiger partial charge in [-0.15, -0.1) is 0 Å². The van der Waals surface area contributed by atoms with E-state index in [4.69, 9.17) is 14.2 Å². The zero-order valence-corrected chi connectivity index (χ0v) is 27.3. The first-order valence-corrected chi connectivity index (χ1v) is 15.7. The predicted molar refractivity (Wildman–Crippen MR) is 170 cm³/mol. The maximum Gasteiger partial charge on any atom is 0.336 e. The number of ether oxygens (including phenoxy) is 3. The van der Waals surface area contributed by atoms with Crippen molar-refractivity contribution >= 4 is 11.8 Å². The molecule has 4 aliphatic rings. The molecule has 1 fully saturated rings. The van der Waals surface area contributed by atoms with Gasteiger partial charge >= 0.3 is 5.97 Å². The van der Waals surface area contributed by atoms with Crippen LogP contribution in [0.5, 0.6) is 17.2 Å². The summed E-state index contributed by atoms with van der Waals surface area (Å²) in [6, 6.07) is 0. The molecule has 1 aromatic carbocycles. The second-order valence-electron chi connectivity index (χ2n) is 13.8. The van der Waals surface area contributed by atoms with Gasteiger partial charge in [0.2, 0.25) is 0 Å². The summed E-state index contributed by atoms with van der Waals surface area (Å²) in [4.78, 5) is 27.7. The van der Waals surface area contributed by atoms with Crippen LogP contribution in [0.2, 0.25) is 0 Å². The number of benzene rings is 1. The van der Waals surface area contributed by atoms with Crippen LogP contribution in [0, 0.1) is 11.8 Å². The monoisotopic (exact) mass is 602 g/mol. The molecule has 2 N–H and O–H groups in total. The minimum absolute atomic E-state index is 0.0557. The molecule has 1 aromatic rings. The van der Waals surface area contributed by atoms with Gasteiger partial charge in [-0.1, -0.05) is 53.2 Å². The number of rotatable bonds is 7. The Hall–Kier alpha value is -3.58. The van der Waals surface area contributed by atoms with E-state index in [1.54, 1.807) is 13.0 Å². The van der Waals surface area contributed by atoms with Crippen molar-refractivity contribution in [2.45, 2.75) is 111 Å². The Morgan fingerprint density at radius 1 is 0.955 bits per heavy atom. The van der Waals surface area contributed by atoms with Gasteiger partial charge in [0.25, 0.3) is 5.79 Å². The fourth-order valence-electron chi connectivity index (χ4n) is 7.34. The molecule has 0 amide bonds. The molecule has 0 unspecified atom stereocenters. The number of allylic oxidation sites excluding steroid dienone is 7. The number of carbonyl (C=O) groups is 2. The van der Waals surface area contributed by atoms with Crippen LogP contribution in [-0.4, -0.2) is 39.0 Å². The fraction of sp³-hybridized carbons (Fsp3) is 0.514. The molecule has 2 spiro atoms. The molecule has 1 saturated heterocycles. The number of ketones is 1. The highest BCUT2D eigenvalue weighted by molar-refractivity contribution is 6.07. The van der Waals surface area contributed by atoms with Crippen LogP contribution >= 0.6 is 0 Å². The van der Waals surface area contributed by atoms with Crippen LogP contribution in [-0.2, 0) is 27.1 Å². The normalized spacial score (nSPS) is 28.4. The van der Waals surface area contributed by atoms with E-state index < -0.39 is 28.9 Å². The van der Waals surface area contributed by atoms with Crippen molar-refractivity contribution in [2.24, 2.45) is 11.8 Å². The predicted octanol–water partition coefficient (Wildman–Crippen LogP) is 7.75. The Bertz CT molecular complexity index is 1540. The fourth-order valence-corrected chi connectivity index (χ4v) is 7.34.